The molecule has 1 saturated carbocycles. The second-order valence-corrected chi connectivity index (χ2v) is 9.41. The first-order valence-corrected chi connectivity index (χ1v) is 13.4. The molecule has 0 saturated heterocycles. The summed E-state index contributed by atoms with van der Waals surface area (Å²) in [5.74, 6) is -0.0639. The first-order chi connectivity index (χ1) is 18.4. The molecule has 0 aliphatic heterocycles. The number of ether oxygens (including phenoxy) is 3. The smallest absolute Gasteiger partial charge is 0.333 e. The van der Waals surface area contributed by atoms with Gasteiger partial charge in [0, 0.05) is 25.6 Å². The van der Waals surface area contributed by atoms with Crippen molar-refractivity contribution in [2.24, 2.45) is 0 Å². The number of carbonyl (C=O) groups is 2. The Morgan fingerprint density at radius 3 is 2.24 bits per heavy atom. The normalized spacial score (nSPS) is 14.5. The van der Waals surface area contributed by atoms with Crippen LogP contribution < -0.4 is 14.8 Å². The number of carboxylic acid groups (broad SMARTS) is 1. The Labute approximate surface area is 224 Å². The number of nitrogens with one attached hydrogen (secondary N) is 1. The number of urea groups is 1. The summed E-state index contributed by atoms with van der Waals surface area (Å²) in [7, 11) is 0. The molecule has 2 N–H and O–H groups in total. The third-order valence-corrected chi connectivity index (χ3v) is 6.49. The number of carbonyl (C=O) groups excluding carboxylic acids is 1. The molecule has 0 aromatic heterocycles. The van der Waals surface area contributed by atoms with Crippen molar-refractivity contribution in [1.82, 2.24) is 10.2 Å². The number of aliphatic carboxylic acids is 1. The quantitative estimate of drug-likeness (QED) is 0.313. The lowest BCUT2D eigenvalue weighted by atomic mass is 9.96. The van der Waals surface area contributed by atoms with Gasteiger partial charge in [0.15, 0.2) is 6.10 Å². The van der Waals surface area contributed by atoms with Crippen LogP contribution in [0.4, 0.5) is 9.18 Å². The second kappa shape index (κ2) is 15.8. The summed E-state index contributed by atoms with van der Waals surface area (Å²) in [6, 6.07) is 13.2. The molecule has 0 radical (unpaired) electrons. The Kier molecular flexibility index (Phi) is 12.2. The third kappa shape index (κ3) is 10.2. The highest BCUT2D eigenvalue weighted by Crippen LogP contribution is 2.18. The molecule has 1 aliphatic rings. The SMILES string of the molecule is CCOC(Cc1ccc(OCCN(CCCOc2ccc(F)cc2)C(=O)NC2CCCCC2)cc1)C(=O)O. The predicted octanol–water partition coefficient (Wildman–Crippen LogP) is 5.05. The number of amides is 2. The lowest BCUT2D eigenvalue weighted by Crippen LogP contribution is -2.47. The monoisotopic (exact) mass is 530 g/mol. The Hall–Kier alpha value is -3.33. The zero-order chi connectivity index (χ0) is 27.2. The van der Waals surface area contributed by atoms with E-state index < -0.39 is 12.1 Å². The maximum atomic E-state index is 13.1. The van der Waals surface area contributed by atoms with Crippen LogP contribution in [0.5, 0.6) is 11.5 Å². The van der Waals surface area contributed by atoms with Crippen LogP contribution in [0.25, 0.3) is 0 Å². The van der Waals surface area contributed by atoms with Gasteiger partial charge in [0.05, 0.1) is 13.2 Å². The largest absolute Gasteiger partial charge is 0.494 e. The van der Waals surface area contributed by atoms with Gasteiger partial charge in [0.25, 0.3) is 0 Å². The highest BCUT2D eigenvalue weighted by Gasteiger charge is 2.20. The van der Waals surface area contributed by atoms with Crippen LogP contribution in [0.3, 0.4) is 0 Å². The molecule has 38 heavy (non-hydrogen) atoms. The van der Waals surface area contributed by atoms with E-state index in [-0.39, 0.29) is 24.3 Å². The van der Waals surface area contributed by atoms with Gasteiger partial charge < -0.3 is 29.5 Å². The molecule has 3 rings (SSSR count). The number of rotatable bonds is 15. The van der Waals surface area contributed by atoms with E-state index in [0.29, 0.717) is 50.8 Å². The summed E-state index contributed by atoms with van der Waals surface area (Å²) in [5, 5.41) is 12.4. The first kappa shape index (κ1) is 29.2. The Balaban J connectivity index is 1.49. The van der Waals surface area contributed by atoms with E-state index in [9.17, 15) is 19.1 Å². The fraction of sp³-hybridized carbons (Fsp3) is 0.517. The lowest BCUT2D eigenvalue weighted by molar-refractivity contribution is -0.149. The minimum Gasteiger partial charge on any atom is -0.494 e. The zero-order valence-electron chi connectivity index (χ0n) is 22.1. The summed E-state index contributed by atoms with van der Waals surface area (Å²) in [6.45, 7) is 3.72. The molecule has 0 heterocycles. The van der Waals surface area contributed by atoms with Gasteiger partial charge in [0.1, 0.15) is 23.9 Å². The van der Waals surface area contributed by atoms with E-state index >= 15 is 0 Å². The van der Waals surface area contributed by atoms with Gasteiger partial charge in [-0.3, -0.25) is 0 Å². The van der Waals surface area contributed by atoms with Gasteiger partial charge in [-0.25, -0.2) is 14.0 Å². The summed E-state index contributed by atoms with van der Waals surface area (Å²) >= 11 is 0. The van der Waals surface area contributed by atoms with Crippen LogP contribution >= 0.6 is 0 Å². The summed E-state index contributed by atoms with van der Waals surface area (Å²) < 4.78 is 29.9. The number of benzene rings is 2. The molecule has 208 valence electrons. The number of carboxylic acids is 1. The number of nitrogens with zero attached hydrogens (tertiary/aromatic N) is 1. The maximum Gasteiger partial charge on any atom is 0.333 e. The Morgan fingerprint density at radius 1 is 0.974 bits per heavy atom. The molecule has 1 unspecified atom stereocenters. The lowest BCUT2D eigenvalue weighted by Gasteiger charge is -2.28. The van der Waals surface area contributed by atoms with Crippen LogP contribution in [0, 0.1) is 5.82 Å². The molecule has 0 spiro atoms. The van der Waals surface area contributed by atoms with Crippen molar-refractivity contribution in [3.63, 3.8) is 0 Å². The maximum absolute atomic E-state index is 13.1. The van der Waals surface area contributed by atoms with Crippen molar-refractivity contribution in [2.45, 2.75) is 64.0 Å². The minimum absolute atomic E-state index is 0.103. The standard InChI is InChI=1S/C29H39FN2O6/c1-2-36-27(28(33)34)21-22-9-13-25(14-10-22)38-20-18-32(29(35)31-24-7-4-3-5-8-24)17-6-19-37-26-15-11-23(30)12-16-26/h9-16,24,27H,2-8,17-21H2,1H3,(H,31,35)(H,33,34). The molecule has 9 heteroatoms. The summed E-state index contributed by atoms with van der Waals surface area (Å²) in [6.07, 6.45) is 5.50. The van der Waals surface area contributed by atoms with Crippen molar-refractivity contribution in [3.8, 4) is 11.5 Å². The van der Waals surface area contributed by atoms with Gasteiger partial charge in [-0.15, -0.1) is 0 Å². The Bertz CT molecular complexity index is 980. The van der Waals surface area contributed by atoms with E-state index in [0.717, 1.165) is 31.2 Å². The van der Waals surface area contributed by atoms with E-state index in [2.05, 4.69) is 5.32 Å². The molecule has 2 aromatic carbocycles. The highest BCUT2D eigenvalue weighted by molar-refractivity contribution is 5.74. The highest BCUT2D eigenvalue weighted by atomic mass is 19.1. The van der Waals surface area contributed by atoms with E-state index in [1.54, 1.807) is 36.1 Å². The summed E-state index contributed by atoms with van der Waals surface area (Å²) in [4.78, 5) is 26.1. The molecule has 0 bridgehead atoms. The molecule has 8 nitrogen and oxygen atoms in total. The fourth-order valence-corrected chi connectivity index (χ4v) is 4.43. The number of hydrogen-bond donors (Lipinski definition) is 2. The van der Waals surface area contributed by atoms with E-state index in [1.165, 1.54) is 18.6 Å². The molecule has 2 amide bonds. The van der Waals surface area contributed by atoms with Gasteiger partial charge in [-0.2, -0.15) is 0 Å². The van der Waals surface area contributed by atoms with Gasteiger partial charge in [0.2, 0.25) is 0 Å². The molecular formula is C29H39FN2O6. The van der Waals surface area contributed by atoms with E-state index in [4.69, 9.17) is 14.2 Å². The average Bonchev–Trinajstić information content (AvgIpc) is 2.92. The van der Waals surface area contributed by atoms with Crippen molar-refractivity contribution >= 4 is 12.0 Å². The van der Waals surface area contributed by atoms with Crippen molar-refractivity contribution in [3.05, 3.63) is 59.9 Å². The average molecular weight is 531 g/mol. The predicted molar refractivity (Wildman–Crippen MR) is 142 cm³/mol. The van der Waals surface area contributed by atoms with Gasteiger partial charge in [-0.05, 0) is 68.1 Å². The van der Waals surface area contributed by atoms with Gasteiger partial charge >= 0.3 is 12.0 Å². The Morgan fingerprint density at radius 2 is 1.61 bits per heavy atom. The van der Waals surface area contributed by atoms with Crippen molar-refractivity contribution < 1.29 is 33.3 Å². The van der Waals surface area contributed by atoms with E-state index in [1.807, 2.05) is 12.1 Å². The van der Waals surface area contributed by atoms with Crippen LogP contribution in [0.15, 0.2) is 48.5 Å². The number of halogens is 1. The van der Waals surface area contributed by atoms with Gasteiger partial charge in [-0.1, -0.05) is 31.4 Å². The van der Waals surface area contributed by atoms with Crippen LogP contribution in [0.1, 0.15) is 51.0 Å². The molecule has 1 aliphatic carbocycles. The van der Waals surface area contributed by atoms with Crippen LogP contribution in [0.2, 0.25) is 0 Å². The number of hydrogen-bond acceptors (Lipinski definition) is 5. The topological polar surface area (TPSA) is 97.3 Å². The van der Waals surface area contributed by atoms with Crippen LogP contribution in [-0.4, -0.2) is 67.1 Å². The third-order valence-electron chi connectivity index (χ3n) is 6.49. The molecule has 1 fully saturated rings. The minimum atomic E-state index is -0.984. The first-order valence-electron chi connectivity index (χ1n) is 13.4. The van der Waals surface area contributed by atoms with Crippen molar-refractivity contribution in [1.29, 1.82) is 0 Å². The molecular weight excluding hydrogens is 491 g/mol. The fourth-order valence-electron chi connectivity index (χ4n) is 4.43. The van der Waals surface area contributed by atoms with Crippen molar-refractivity contribution in [2.75, 3.05) is 32.9 Å². The zero-order valence-corrected chi connectivity index (χ0v) is 22.1. The summed E-state index contributed by atoms with van der Waals surface area (Å²) in [5.41, 5.74) is 0.841. The molecule has 2 aromatic rings. The molecule has 1 atom stereocenters. The second-order valence-electron chi connectivity index (χ2n) is 9.41. The van der Waals surface area contributed by atoms with Crippen LogP contribution in [-0.2, 0) is 16.0 Å².